The number of para-hydroxylation sites is 2. The van der Waals surface area contributed by atoms with Gasteiger partial charge in [0.1, 0.15) is 0 Å². The number of hydrogen-bond acceptors (Lipinski definition) is 4. The summed E-state index contributed by atoms with van der Waals surface area (Å²) in [7, 11) is 0. The summed E-state index contributed by atoms with van der Waals surface area (Å²) in [6.07, 6.45) is 6.90. The van der Waals surface area contributed by atoms with Crippen LogP contribution in [0.1, 0.15) is 41.7 Å². The fourth-order valence-corrected chi connectivity index (χ4v) is 5.84. The van der Waals surface area contributed by atoms with Gasteiger partial charge in [-0.3, -0.25) is 23.9 Å². The number of imidazole rings is 1. The van der Waals surface area contributed by atoms with Gasteiger partial charge in [0.25, 0.3) is 5.91 Å². The highest BCUT2D eigenvalue weighted by atomic mass is 35.5. The van der Waals surface area contributed by atoms with Crippen molar-refractivity contribution in [2.24, 2.45) is 5.92 Å². The third-order valence-electron chi connectivity index (χ3n) is 7.83. The predicted octanol–water partition coefficient (Wildman–Crippen LogP) is 6.20. The number of rotatable bonds is 6. The van der Waals surface area contributed by atoms with Crippen LogP contribution in [-0.2, 0) is 6.54 Å². The summed E-state index contributed by atoms with van der Waals surface area (Å²) >= 11 is 6.05. The Morgan fingerprint density at radius 3 is 2.38 bits per heavy atom. The number of hydrogen-bond donors (Lipinski definition) is 1. The fraction of sp³-hybridized carbons (Fsp3) is 0.250. The predicted molar refractivity (Wildman–Crippen MR) is 158 cm³/mol. The van der Waals surface area contributed by atoms with Crippen LogP contribution < -0.4 is 11.0 Å². The largest absolute Gasteiger partial charge is 0.349 e. The maximum absolute atomic E-state index is 13.8. The first kappa shape index (κ1) is 26.0. The first-order chi connectivity index (χ1) is 19.5. The van der Waals surface area contributed by atoms with E-state index in [2.05, 4.69) is 15.3 Å². The molecule has 1 amide bonds. The lowest BCUT2D eigenvalue weighted by Crippen LogP contribution is -2.39. The number of nitrogens with one attached hydrogen (secondary N) is 1. The van der Waals surface area contributed by atoms with Crippen LogP contribution in [0.3, 0.4) is 0 Å². The van der Waals surface area contributed by atoms with E-state index in [1.807, 2.05) is 78.2 Å². The first-order valence-electron chi connectivity index (χ1n) is 13.6. The van der Waals surface area contributed by atoms with Crippen molar-refractivity contribution in [1.82, 2.24) is 24.4 Å². The minimum absolute atomic E-state index is 0.0604. The van der Waals surface area contributed by atoms with E-state index in [1.165, 1.54) is 0 Å². The molecule has 3 aromatic heterocycles. The maximum Gasteiger partial charge on any atom is 0.333 e. The minimum Gasteiger partial charge on any atom is -0.349 e. The van der Waals surface area contributed by atoms with E-state index in [9.17, 15) is 9.59 Å². The number of halogens is 1. The van der Waals surface area contributed by atoms with Crippen LogP contribution in [0.2, 0.25) is 5.02 Å². The molecule has 0 bridgehead atoms. The summed E-state index contributed by atoms with van der Waals surface area (Å²) in [5.74, 6) is 0.209. The maximum atomic E-state index is 13.8. The van der Waals surface area contributed by atoms with Gasteiger partial charge in [-0.05, 0) is 68.9 Å². The Hall–Kier alpha value is -4.23. The molecular formula is C32H30ClN5O2. The Morgan fingerprint density at radius 1 is 0.925 bits per heavy atom. The van der Waals surface area contributed by atoms with Gasteiger partial charge in [0.2, 0.25) is 0 Å². The third kappa shape index (κ3) is 5.17. The second kappa shape index (κ2) is 11.1. The molecule has 0 unspecified atom stereocenters. The van der Waals surface area contributed by atoms with Crippen LogP contribution in [-0.4, -0.2) is 31.1 Å². The molecule has 1 aliphatic carbocycles. The molecule has 6 rings (SSSR count). The Morgan fingerprint density at radius 2 is 1.65 bits per heavy atom. The van der Waals surface area contributed by atoms with Gasteiger partial charge in [-0.25, -0.2) is 4.79 Å². The van der Waals surface area contributed by atoms with Crippen molar-refractivity contribution in [3.05, 3.63) is 112 Å². The molecule has 1 N–H and O–H groups in total. The lowest BCUT2D eigenvalue weighted by atomic mass is 9.85. The fourth-order valence-electron chi connectivity index (χ4n) is 5.68. The smallest absolute Gasteiger partial charge is 0.333 e. The van der Waals surface area contributed by atoms with Crippen LogP contribution in [0.5, 0.6) is 0 Å². The van der Waals surface area contributed by atoms with Crippen LogP contribution in [0.25, 0.3) is 28.0 Å². The lowest BCUT2D eigenvalue weighted by Gasteiger charge is -2.29. The average molecular weight is 552 g/mol. The Kier molecular flexibility index (Phi) is 7.22. The van der Waals surface area contributed by atoms with Gasteiger partial charge in [0, 0.05) is 24.3 Å². The van der Waals surface area contributed by atoms with E-state index in [0.717, 1.165) is 53.7 Å². The molecular weight excluding hydrogens is 522 g/mol. The van der Waals surface area contributed by atoms with Crippen molar-refractivity contribution in [2.75, 3.05) is 0 Å². The molecule has 202 valence electrons. The van der Waals surface area contributed by atoms with Crippen molar-refractivity contribution in [3.8, 4) is 16.9 Å². The van der Waals surface area contributed by atoms with Crippen molar-refractivity contribution < 1.29 is 4.79 Å². The molecule has 0 aliphatic heterocycles. The van der Waals surface area contributed by atoms with Crippen molar-refractivity contribution in [1.29, 1.82) is 0 Å². The average Bonchev–Trinajstić information content (AvgIpc) is 3.26. The zero-order chi connectivity index (χ0) is 27.6. The molecule has 1 saturated carbocycles. The van der Waals surface area contributed by atoms with Gasteiger partial charge in [-0.1, -0.05) is 54.1 Å². The van der Waals surface area contributed by atoms with Crippen LogP contribution in [0, 0.1) is 12.8 Å². The first-order valence-corrected chi connectivity index (χ1v) is 14.0. The summed E-state index contributed by atoms with van der Waals surface area (Å²) < 4.78 is 3.65. The third-order valence-corrected chi connectivity index (χ3v) is 8.04. The van der Waals surface area contributed by atoms with E-state index in [0.29, 0.717) is 28.7 Å². The van der Waals surface area contributed by atoms with Crippen LogP contribution in [0.4, 0.5) is 0 Å². The number of pyridine rings is 2. The molecule has 0 spiro atoms. The number of fused-ring (bicyclic) bond motifs is 1. The second-order valence-electron chi connectivity index (χ2n) is 10.5. The number of carbonyl (C=O) groups excluding carboxylic acids is 1. The molecule has 1 fully saturated rings. The molecule has 0 atom stereocenters. The number of nitrogens with zero attached hydrogens (tertiary/aromatic N) is 4. The number of carbonyl (C=O) groups is 1. The monoisotopic (exact) mass is 551 g/mol. The summed E-state index contributed by atoms with van der Waals surface area (Å²) in [6.45, 7) is 2.45. The van der Waals surface area contributed by atoms with E-state index >= 15 is 0 Å². The summed E-state index contributed by atoms with van der Waals surface area (Å²) in [4.78, 5) is 35.4. The zero-order valence-corrected chi connectivity index (χ0v) is 23.0. The summed E-state index contributed by atoms with van der Waals surface area (Å²) in [6, 6.07) is 23.6. The zero-order valence-electron chi connectivity index (χ0n) is 22.3. The Labute approximate surface area is 237 Å². The molecule has 2 aromatic carbocycles. The summed E-state index contributed by atoms with van der Waals surface area (Å²) in [5.41, 5.74) is 5.55. The van der Waals surface area contributed by atoms with Gasteiger partial charge in [-0.2, -0.15) is 0 Å². The highest BCUT2D eigenvalue weighted by Crippen LogP contribution is 2.28. The van der Waals surface area contributed by atoms with Crippen LogP contribution >= 0.6 is 11.6 Å². The normalized spacial score (nSPS) is 17.1. The van der Waals surface area contributed by atoms with Crippen molar-refractivity contribution in [3.63, 3.8) is 0 Å². The topological polar surface area (TPSA) is 81.8 Å². The highest BCUT2D eigenvalue weighted by molar-refractivity contribution is 6.30. The van der Waals surface area contributed by atoms with E-state index in [4.69, 9.17) is 11.6 Å². The quantitative estimate of drug-likeness (QED) is 0.272. The molecule has 1 aliphatic rings. The summed E-state index contributed by atoms with van der Waals surface area (Å²) in [5, 5.41) is 3.60. The highest BCUT2D eigenvalue weighted by Gasteiger charge is 2.25. The van der Waals surface area contributed by atoms with Gasteiger partial charge in [0.05, 0.1) is 44.9 Å². The Bertz CT molecular complexity index is 1720. The van der Waals surface area contributed by atoms with E-state index < -0.39 is 0 Å². The van der Waals surface area contributed by atoms with Gasteiger partial charge in [0.15, 0.2) is 0 Å². The molecule has 0 radical (unpaired) electrons. The number of benzene rings is 2. The molecule has 3 heterocycles. The van der Waals surface area contributed by atoms with Gasteiger partial charge in [-0.15, -0.1) is 0 Å². The standard InChI is InChI=1S/C32H30ClN5O2/c1-21-27(17-24(33)18-34-21)31(39)36-25-13-11-22(12-14-25)20-37-29-9-5-6-10-30(29)38(32(37)40)26-15-16-28(35-19-26)23-7-3-2-4-8-23/h2-10,15-19,22,25H,11-14,20H2,1H3,(H,36,39)/t22-,25-. The number of aromatic nitrogens is 4. The molecule has 5 aromatic rings. The van der Waals surface area contributed by atoms with E-state index in [1.54, 1.807) is 23.0 Å². The van der Waals surface area contributed by atoms with Gasteiger partial charge < -0.3 is 5.32 Å². The minimum atomic E-state index is -0.137. The number of amides is 1. The molecule has 40 heavy (non-hydrogen) atoms. The van der Waals surface area contributed by atoms with Crippen molar-refractivity contribution in [2.45, 2.75) is 45.2 Å². The second-order valence-corrected chi connectivity index (χ2v) is 10.9. The Balaban J connectivity index is 1.18. The lowest BCUT2D eigenvalue weighted by molar-refractivity contribution is 0.0919. The number of aryl methyl sites for hydroxylation is 1. The molecule has 8 heteroatoms. The van der Waals surface area contributed by atoms with Crippen LogP contribution in [0.15, 0.2) is 90.0 Å². The van der Waals surface area contributed by atoms with Gasteiger partial charge >= 0.3 is 5.69 Å². The molecule has 7 nitrogen and oxygen atoms in total. The SMILES string of the molecule is Cc1ncc(Cl)cc1C(=O)N[C@H]1CC[C@H](Cn2c(=O)n(-c3ccc(-c4ccccc4)nc3)c3ccccc32)CC1. The molecule has 0 saturated heterocycles. The van der Waals surface area contributed by atoms with E-state index in [-0.39, 0.29) is 17.6 Å². The van der Waals surface area contributed by atoms with Crippen molar-refractivity contribution >= 4 is 28.5 Å².